The second kappa shape index (κ2) is 11.4. The Morgan fingerprint density at radius 3 is 2.43 bits per heavy atom. The van der Waals surface area contributed by atoms with Gasteiger partial charge in [-0.25, -0.2) is 13.8 Å². The number of aryl methyl sites for hydroxylation is 1. The van der Waals surface area contributed by atoms with E-state index in [2.05, 4.69) is 15.3 Å². The summed E-state index contributed by atoms with van der Waals surface area (Å²) in [6.07, 6.45) is 0.965. The third-order valence-electron chi connectivity index (χ3n) is 5.03. The summed E-state index contributed by atoms with van der Waals surface area (Å²) in [5.74, 6) is -0.813. The van der Waals surface area contributed by atoms with Crippen LogP contribution in [-0.2, 0) is 16.0 Å². The van der Waals surface area contributed by atoms with E-state index in [4.69, 9.17) is 5.26 Å². The summed E-state index contributed by atoms with van der Waals surface area (Å²) in [6.45, 7) is 0.352. The number of carbonyl (C=O) groups excluding carboxylic acids is 2. The van der Waals surface area contributed by atoms with E-state index in [0.29, 0.717) is 29.1 Å². The predicted octanol–water partition coefficient (Wildman–Crippen LogP) is 4.08. The number of aromatic nitrogens is 2. The highest BCUT2D eigenvalue weighted by Gasteiger charge is 2.20. The quantitative estimate of drug-likeness (QED) is 0.525. The molecule has 2 aromatic heterocycles. The van der Waals surface area contributed by atoms with E-state index in [1.165, 1.54) is 18.3 Å². The van der Waals surface area contributed by atoms with E-state index >= 15 is 0 Å². The molecule has 176 valence electrons. The number of rotatable bonds is 8. The third-order valence-corrected chi connectivity index (χ3v) is 5.03. The minimum absolute atomic E-state index is 0.0646. The van der Waals surface area contributed by atoms with Crippen molar-refractivity contribution in [3.8, 4) is 23.4 Å². The fraction of sp³-hybridized carbons (Fsp3) is 0.200. The molecule has 8 nitrogen and oxygen atoms in total. The van der Waals surface area contributed by atoms with Crippen LogP contribution in [0.15, 0.2) is 54.9 Å². The molecule has 0 fully saturated rings. The maximum atomic E-state index is 12.9. The van der Waals surface area contributed by atoms with E-state index in [1.807, 2.05) is 12.1 Å². The Kier molecular flexibility index (Phi) is 8.15. The second-order valence-corrected chi connectivity index (χ2v) is 7.51. The van der Waals surface area contributed by atoms with Gasteiger partial charge in [0.05, 0.1) is 35.4 Å². The highest BCUT2D eigenvalue weighted by atomic mass is 19.3. The lowest BCUT2D eigenvalue weighted by Crippen LogP contribution is -2.33. The van der Waals surface area contributed by atoms with Crippen LogP contribution in [0, 0.1) is 22.7 Å². The van der Waals surface area contributed by atoms with Gasteiger partial charge in [0.25, 0.3) is 6.43 Å². The molecule has 0 aliphatic rings. The van der Waals surface area contributed by atoms with E-state index < -0.39 is 18.9 Å². The van der Waals surface area contributed by atoms with E-state index in [-0.39, 0.29) is 23.6 Å². The van der Waals surface area contributed by atoms with Crippen LogP contribution < -0.4 is 10.2 Å². The minimum atomic E-state index is -2.74. The van der Waals surface area contributed by atoms with Crippen LogP contribution in [-0.4, -0.2) is 34.8 Å². The highest BCUT2D eigenvalue weighted by Crippen LogP contribution is 2.27. The molecular formula is C25H20F2N6O2. The summed E-state index contributed by atoms with van der Waals surface area (Å²) in [6, 6.07) is 15.0. The number of halogens is 2. The molecule has 0 spiro atoms. The molecule has 10 heteroatoms. The van der Waals surface area contributed by atoms with Gasteiger partial charge in [-0.05, 0) is 42.3 Å². The predicted molar refractivity (Wildman–Crippen MR) is 124 cm³/mol. The van der Waals surface area contributed by atoms with E-state index in [0.717, 1.165) is 17.4 Å². The van der Waals surface area contributed by atoms with Crippen molar-refractivity contribution in [1.29, 1.82) is 10.5 Å². The van der Waals surface area contributed by atoms with Crippen LogP contribution in [0.5, 0.6) is 0 Å². The van der Waals surface area contributed by atoms with Crippen molar-refractivity contribution in [2.45, 2.75) is 26.2 Å². The van der Waals surface area contributed by atoms with Gasteiger partial charge in [0.15, 0.2) is 0 Å². The molecule has 0 radical (unpaired) electrons. The third kappa shape index (κ3) is 6.65. The van der Waals surface area contributed by atoms with Gasteiger partial charge in [0, 0.05) is 25.1 Å². The van der Waals surface area contributed by atoms with Gasteiger partial charge in [-0.2, -0.15) is 10.5 Å². The van der Waals surface area contributed by atoms with Gasteiger partial charge in [0.2, 0.25) is 11.8 Å². The normalized spacial score (nSPS) is 10.3. The van der Waals surface area contributed by atoms with Gasteiger partial charge in [-0.15, -0.1) is 0 Å². The van der Waals surface area contributed by atoms with Crippen molar-refractivity contribution in [1.82, 2.24) is 9.97 Å². The number of anilines is 2. The summed E-state index contributed by atoms with van der Waals surface area (Å²) >= 11 is 0. The maximum Gasteiger partial charge on any atom is 0.256 e. The van der Waals surface area contributed by atoms with Crippen LogP contribution in [0.3, 0.4) is 0 Å². The average molecular weight is 474 g/mol. The Morgan fingerprint density at radius 2 is 1.86 bits per heavy atom. The maximum absolute atomic E-state index is 12.9. The number of nitrogens with zero attached hydrogens (tertiary/aromatic N) is 5. The van der Waals surface area contributed by atoms with Crippen LogP contribution in [0.25, 0.3) is 11.3 Å². The molecule has 0 aliphatic carbocycles. The molecule has 0 saturated heterocycles. The molecule has 0 bridgehead atoms. The number of amides is 2. The van der Waals surface area contributed by atoms with Crippen molar-refractivity contribution in [3.63, 3.8) is 0 Å². The minimum Gasteiger partial charge on any atom is -0.325 e. The zero-order chi connectivity index (χ0) is 25.4. The molecule has 0 atom stereocenters. The number of benzene rings is 1. The Bertz CT molecular complexity index is 1300. The molecule has 1 N–H and O–H groups in total. The van der Waals surface area contributed by atoms with E-state index in [1.54, 1.807) is 36.5 Å². The van der Waals surface area contributed by atoms with Crippen LogP contribution in [0.1, 0.15) is 30.2 Å². The average Bonchev–Trinajstić information content (AvgIpc) is 2.86. The molecule has 3 aromatic rings. The molecular weight excluding hydrogens is 454 g/mol. The van der Waals surface area contributed by atoms with Crippen LogP contribution >= 0.6 is 0 Å². The smallest absolute Gasteiger partial charge is 0.256 e. The standard InChI is InChI=1S/C25H20F2N6O2/c1-16(34)33(15-24(26)27)23-8-4-18(10-19(23)11-28)22-7-6-21(14-31-22)32-25(35)9-3-17-2-5-20(12-29)30-13-17/h2,4-8,10,13-14,24H,3,9,15H2,1H3,(H,32,35). The number of carbonyl (C=O) groups is 2. The van der Waals surface area contributed by atoms with Crippen molar-refractivity contribution in [2.75, 3.05) is 16.8 Å². The second-order valence-electron chi connectivity index (χ2n) is 7.51. The van der Waals surface area contributed by atoms with Crippen molar-refractivity contribution in [2.24, 2.45) is 0 Å². The summed E-state index contributed by atoms with van der Waals surface area (Å²) in [4.78, 5) is 33.2. The molecule has 3 rings (SSSR count). The lowest BCUT2D eigenvalue weighted by Gasteiger charge is -2.22. The Balaban J connectivity index is 1.67. The largest absolute Gasteiger partial charge is 0.325 e. The number of nitriles is 2. The lowest BCUT2D eigenvalue weighted by atomic mass is 10.0. The number of pyridine rings is 2. The fourth-order valence-electron chi connectivity index (χ4n) is 3.31. The first-order valence-electron chi connectivity index (χ1n) is 10.5. The molecule has 0 aliphatic heterocycles. The number of nitrogens with one attached hydrogen (secondary N) is 1. The monoisotopic (exact) mass is 474 g/mol. The van der Waals surface area contributed by atoms with Gasteiger partial charge >= 0.3 is 0 Å². The molecule has 1 aromatic carbocycles. The molecule has 2 amide bonds. The van der Waals surface area contributed by atoms with Gasteiger partial charge < -0.3 is 10.2 Å². The fourth-order valence-corrected chi connectivity index (χ4v) is 3.31. The number of hydrogen-bond donors (Lipinski definition) is 1. The first kappa shape index (κ1) is 24.9. The van der Waals surface area contributed by atoms with Crippen molar-refractivity contribution in [3.05, 3.63) is 71.7 Å². The summed E-state index contributed by atoms with van der Waals surface area (Å²) in [7, 11) is 0. The van der Waals surface area contributed by atoms with Gasteiger partial charge in [-0.3, -0.25) is 14.6 Å². The topological polar surface area (TPSA) is 123 Å². The number of hydrogen-bond acceptors (Lipinski definition) is 6. The summed E-state index contributed by atoms with van der Waals surface area (Å²) in [5, 5.41) is 21.0. The zero-order valence-corrected chi connectivity index (χ0v) is 18.7. The van der Waals surface area contributed by atoms with Crippen molar-refractivity contribution >= 4 is 23.2 Å². The molecule has 35 heavy (non-hydrogen) atoms. The van der Waals surface area contributed by atoms with E-state index in [9.17, 15) is 23.6 Å². The van der Waals surface area contributed by atoms with Crippen LogP contribution in [0.4, 0.5) is 20.2 Å². The van der Waals surface area contributed by atoms with Gasteiger partial charge in [-0.1, -0.05) is 12.1 Å². The summed E-state index contributed by atoms with van der Waals surface area (Å²) < 4.78 is 25.7. The Morgan fingerprint density at radius 1 is 1.06 bits per heavy atom. The Hall–Kier alpha value is -4.70. The Labute approximate surface area is 200 Å². The first-order valence-corrected chi connectivity index (χ1v) is 10.5. The van der Waals surface area contributed by atoms with Crippen LogP contribution in [0.2, 0.25) is 0 Å². The van der Waals surface area contributed by atoms with Gasteiger partial charge in [0.1, 0.15) is 17.8 Å². The first-order chi connectivity index (χ1) is 16.8. The number of alkyl halides is 2. The zero-order valence-electron chi connectivity index (χ0n) is 18.7. The molecule has 0 unspecified atom stereocenters. The lowest BCUT2D eigenvalue weighted by molar-refractivity contribution is -0.117. The molecule has 2 heterocycles. The SMILES string of the molecule is CC(=O)N(CC(F)F)c1ccc(-c2ccc(NC(=O)CCc3ccc(C#N)nc3)cn2)cc1C#N. The van der Waals surface area contributed by atoms with Crippen molar-refractivity contribution < 1.29 is 18.4 Å². The highest BCUT2D eigenvalue weighted by molar-refractivity contribution is 5.93. The summed E-state index contributed by atoms with van der Waals surface area (Å²) in [5.41, 5.74) is 2.84. The molecule has 0 saturated carbocycles.